The van der Waals surface area contributed by atoms with E-state index < -0.39 is 0 Å². The normalized spacial score (nSPS) is 26.9. The average Bonchev–Trinajstić information content (AvgIpc) is 2.45. The highest BCUT2D eigenvalue weighted by molar-refractivity contribution is 5.26. The van der Waals surface area contributed by atoms with Gasteiger partial charge in [-0.3, -0.25) is 4.79 Å². The van der Waals surface area contributed by atoms with Gasteiger partial charge in [0, 0.05) is 24.3 Å². The highest BCUT2D eigenvalue weighted by Gasteiger charge is 2.22. The number of H-pyrrole nitrogens is 1. The number of aryl methyl sites for hydroxylation is 1. The largest absolute Gasteiger partial charge is 0.376 e. The zero-order chi connectivity index (χ0) is 13.1. The molecule has 2 aliphatic rings. The van der Waals surface area contributed by atoms with Crippen molar-refractivity contribution in [1.29, 1.82) is 0 Å². The van der Waals surface area contributed by atoms with E-state index in [2.05, 4.69) is 10.3 Å². The van der Waals surface area contributed by atoms with Gasteiger partial charge in [0.15, 0.2) is 0 Å². The van der Waals surface area contributed by atoms with Crippen LogP contribution in [-0.2, 0) is 15.9 Å². The van der Waals surface area contributed by atoms with Gasteiger partial charge in [-0.05, 0) is 24.8 Å². The minimum atomic E-state index is -0.0107. The monoisotopic (exact) mass is 264 g/mol. The molecule has 1 aliphatic heterocycles. The Labute approximate surface area is 112 Å². The number of pyridine rings is 1. The number of aromatic nitrogens is 1. The molecule has 0 aromatic carbocycles. The van der Waals surface area contributed by atoms with Gasteiger partial charge in [-0.15, -0.1) is 0 Å². The van der Waals surface area contributed by atoms with E-state index in [0.29, 0.717) is 25.9 Å². The van der Waals surface area contributed by atoms with Gasteiger partial charge in [0.2, 0.25) is 5.56 Å². The maximum Gasteiger partial charge on any atom is 0.248 e. The van der Waals surface area contributed by atoms with Crippen molar-refractivity contribution in [3.05, 3.63) is 33.7 Å². The molecule has 0 amide bonds. The number of aromatic amines is 1. The van der Waals surface area contributed by atoms with Gasteiger partial charge in [-0.25, -0.2) is 0 Å². The number of hydrogen-bond acceptors (Lipinski definition) is 4. The van der Waals surface area contributed by atoms with Crippen molar-refractivity contribution in [3.8, 4) is 0 Å². The summed E-state index contributed by atoms with van der Waals surface area (Å²) < 4.78 is 11.0. The van der Waals surface area contributed by atoms with Crippen LogP contribution in [0.2, 0.25) is 0 Å². The minimum absolute atomic E-state index is 0.0107. The molecule has 3 rings (SSSR count). The Morgan fingerprint density at radius 3 is 3.16 bits per heavy atom. The van der Waals surface area contributed by atoms with Gasteiger partial charge in [-0.2, -0.15) is 0 Å². The summed E-state index contributed by atoms with van der Waals surface area (Å²) in [6, 6.07) is 3.87. The zero-order valence-corrected chi connectivity index (χ0v) is 11.0. The van der Waals surface area contributed by atoms with E-state index in [-0.39, 0.29) is 11.7 Å². The second kappa shape index (κ2) is 5.86. The van der Waals surface area contributed by atoms with E-state index in [0.717, 1.165) is 31.5 Å². The fourth-order valence-corrected chi connectivity index (χ4v) is 2.84. The summed E-state index contributed by atoms with van der Waals surface area (Å²) in [5.41, 5.74) is 2.29. The Morgan fingerprint density at radius 1 is 1.37 bits per heavy atom. The summed E-state index contributed by atoms with van der Waals surface area (Å²) >= 11 is 0. The van der Waals surface area contributed by atoms with E-state index in [4.69, 9.17) is 9.47 Å². The summed E-state index contributed by atoms with van der Waals surface area (Å²) in [5.74, 6) is 0. The van der Waals surface area contributed by atoms with Gasteiger partial charge < -0.3 is 19.8 Å². The quantitative estimate of drug-likeness (QED) is 0.846. The molecule has 1 aromatic rings. The van der Waals surface area contributed by atoms with Crippen molar-refractivity contribution in [3.63, 3.8) is 0 Å². The Kier molecular flexibility index (Phi) is 3.96. The van der Waals surface area contributed by atoms with Gasteiger partial charge in [0.1, 0.15) is 0 Å². The molecule has 1 aromatic heterocycles. The minimum Gasteiger partial charge on any atom is -0.376 e. The summed E-state index contributed by atoms with van der Waals surface area (Å²) in [6.07, 6.45) is 3.31. The molecule has 19 heavy (non-hydrogen) atoms. The maximum atomic E-state index is 11.3. The fourth-order valence-electron chi connectivity index (χ4n) is 2.84. The highest BCUT2D eigenvalue weighted by atomic mass is 16.6. The Bertz CT molecular complexity index is 480. The summed E-state index contributed by atoms with van der Waals surface area (Å²) in [7, 11) is 0. The van der Waals surface area contributed by atoms with Gasteiger partial charge in [0.25, 0.3) is 0 Å². The van der Waals surface area contributed by atoms with Crippen molar-refractivity contribution in [1.82, 2.24) is 10.3 Å². The molecule has 5 heteroatoms. The first-order valence-corrected chi connectivity index (χ1v) is 6.98. The number of hydrogen-bond donors (Lipinski definition) is 2. The molecule has 104 valence electrons. The van der Waals surface area contributed by atoms with Crippen LogP contribution < -0.4 is 10.9 Å². The first-order chi connectivity index (χ1) is 9.33. The number of ether oxygens (including phenoxy) is 2. The molecule has 5 nitrogen and oxygen atoms in total. The molecule has 2 unspecified atom stereocenters. The summed E-state index contributed by atoms with van der Waals surface area (Å²) in [5, 5.41) is 3.54. The number of nitrogens with one attached hydrogen (secondary N) is 2. The zero-order valence-electron chi connectivity index (χ0n) is 11.0. The topological polar surface area (TPSA) is 63.4 Å². The lowest BCUT2D eigenvalue weighted by atomic mass is 9.91. The van der Waals surface area contributed by atoms with Gasteiger partial charge in [0.05, 0.1) is 25.9 Å². The van der Waals surface area contributed by atoms with E-state index >= 15 is 0 Å². The molecule has 1 saturated heterocycles. The molecular weight excluding hydrogens is 244 g/mol. The highest BCUT2D eigenvalue weighted by Crippen LogP contribution is 2.27. The predicted molar refractivity (Wildman–Crippen MR) is 71.3 cm³/mol. The Hall–Kier alpha value is -1.17. The maximum absolute atomic E-state index is 11.3. The predicted octanol–water partition coefficient (Wildman–Crippen LogP) is 0.757. The second-order valence-electron chi connectivity index (χ2n) is 5.18. The van der Waals surface area contributed by atoms with Crippen molar-refractivity contribution < 1.29 is 9.47 Å². The third kappa shape index (κ3) is 3.05. The summed E-state index contributed by atoms with van der Waals surface area (Å²) in [4.78, 5) is 14.3. The molecule has 2 N–H and O–H groups in total. The second-order valence-corrected chi connectivity index (χ2v) is 5.18. The average molecular weight is 264 g/mol. The third-order valence-electron chi connectivity index (χ3n) is 3.81. The molecule has 0 spiro atoms. The van der Waals surface area contributed by atoms with Crippen LogP contribution in [0.3, 0.4) is 0 Å². The molecule has 1 aliphatic carbocycles. The smallest absolute Gasteiger partial charge is 0.248 e. The van der Waals surface area contributed by atoms with Gasteiger partial charge >= 0.3 is 0 Å². The van der Waals surface area contributed by atoms with Crippen LogP contribution in [0.15, 0.2) is 16.9 Å². The van der Waals surface area contributed by atoms with Crippen LogP contribution in [0.5, 0.6) is 0 Å². The van der Waals surface area contributed by atoms with Crippen LogP contribution >= 0.6 is 0 Å². The molecule has 0 saturated carbocycles. The molecule has 1 fully saturated rings. The molecular formula is C14H20N2O3. The van der Waals surface area contributed by atoms with E-state index in [1.165, 1.54) is 5.56 Å². The SMILES string of the molecule is O=c1ccc2c([nH]1)CCCC2NCC1COCCO1. The van der Waals surface area contributed by atoms with Crippen LogP contribution in [0.25, 0.3) is 0 Å². The van der Waals surface area contributed by atoms with E-state index in [9.17, 15) is 4.79 Å². The number of fused-ring (bicyclic) bond motifs is 1. The van der Waals surface area contributed by atoms with Gasteiger partial charge in [-0.1, -0.05) is 6.07 Å². The lowest BCUT2D eigenvalue weighted by Gasteiger charge is -2.29. The molecule has 0 radical (unpaired) electrons. The standard InChI is InChI=1S/C14H20N2O3/c17-14-5-4-11-12(2-1-3-13(11)16-14)15-8-10-9-18-6-7-19-10/h4-5,10,12,15H,1-3,6-9H2,(H,16,17). The molecule has 2 atom stereocenters. The first kappa shape index (κ1) is 12.8. The van der Waals surface area contributed by atoms with Crippen molar-refractivity contribution in [2.45, 2.75) is 31.4 Å². The fraction of sp³-hybridized carbons (Fsp3) is 0.643. The molecule has 0 bridgehead atoms. The van der Waals surface area contributed by atoms with Crippen LogP contribution in [-0.4, -0.2) is 37.5 Å². The van der Waals surface area contributed by atoms with Crippen molar-refractivity contribution in [2.75, 3.05) is 26.4 Å². The van der Waals surface area contributed by atoms with E-state index in [1.54, 1.807) is 6.07 Å². The lowest BCUT2D eigenvalue weighted by Crippen LogP contribution is -2.39. The molecule has 2 heterocycles. The van der Waals surface area contributed by atoms with Crippen LogP contribution in [0.1, 0.15) is 30.1 Å². The Balaban J connectivity index is 1.64. The van der Waals surface area contributed by atoms with Crippen molar-refractivity contribution in [2.24, 2.45) is 0 Å². The van der Waals surface area contributed by atoms with E-state index in [1.807, 2.05) is 6.07 Å². The first-order valence-electron chi connectivity index (χ1n) is 6.98. The summed E-state index contributed by atoms with van der Waals surface area (Å²) in [6.45, 7) is 2.84. The van der Waals surface area contributed by atoms with Crippen molar-refractivity contribution >= 4 is 0 Å². The van der Waals surface area contributed by atoms with Crippen LogP contribution in [0, 0.1) is 0 Å². The third-order valence-corrected chi connectivity index (χ3v) is 3.81. The number of rotatable bonds is 3. The lowest BCUT2D eigenvalue weighted by molar-refractivity contribution is -0.0872. The Morgan fingerprint density at radius 2 is 2.32 bits per heavy atom. The van der Waals surface area contributed by atoms with Crippen LogP contribution in [0.4, 0.5) is 0 Å².